The van der Waals surface area contributed by atoms with Crippen LogP contribution in [0.15, 0.2) is 0 Å². The van der Waals surface area contributed by atoms with E-state index in [4.69, 9.17) is 11.6 Å². The van der Waals surface area contributed by atoms with Gasteiger partial charge in [0.2, 0.25) is 0 Å². The third-order valence-electron chi connectivity index (χ3n) is 3.92. The van der Waals surface area contributed by atoms with Crippen LogP contribution in [0.5, 0.6) is 0 Å². The van der Waals surface area contributed by atoms with E-state index >= 15 is 0 Å². The summed E-state index contributed by atoms with van der Waals surface area (Å²) in [6, 6.07) is 0.526. The van der Waals surface area contributed by atoms with Crippen molar-refractivity contribution in [2.45, 2.75) is 39.2 Å². The van der Waals surface area contributed by atoms with Crippen LogP contribution in [0.1, 0.15) is 31.7 Å². The highest BCUT2D eigenvalue weighted by Gasteiger charge is 2.27. The Hall–Kier alpha value is -0.190. The number of thioether (sulfide) groups is 1. The quantitative estimate of drug-likeness (QED) is 0.876. The van der Waals surface area contributed by atoms with Crippen LogP contribution >= 0.6 is 23.4 Å². The van der Waals surface area contributed by atoms with E-state index in [0.717, 1.165) is 36.0 Å². The summed E-state index contributed by atoms with van der Waals surface area (Å²) in [5.41, 5.74) is 2.21. The molecular weight excluding hydrogens is 278 g/mol. The molecule has 0 bridgehead atoms. The molecule has 0 saturated carbocycles. The van der Waals surface area contributed by atoms with E-state index in [0.29, 0.717) is 6.04 Å². The third-order valence-corrected chi connectivity index (χ3v) is 5.54. The number of hydrogen-bond acceptors (Lipinski definition) is 3. The van der Waals surface area contributed by atoms with Crippen LogP contribution in [0.3, 0.4) is 0 Å². The normalized spacial score (nSPS) is 20.9. The molecule has 1 aliphatic heterocycles. The Morgan fingerprint density at radius 2 is 2.32 bits per heavy atom. The molecule has 108 valence electrons. The highest BCUT2D eigenvalue weighted by Crippen LogP contribution is 2.30. The first-order valence-electron chi connectivity index (χ1n) is 7.18. The minimum atomic E-state index is 0.526. The summed E-state index contributed by atoms with van der Waals surface area (Å²) in [4.78, 5) is 0. The monoisotopic (exact) mass is 301 g/mol. The molecule has 0 aromatic carbocycles. The van der Waals surface area contributed by atoms with E-state index in [1.54, 1.807) is 0 Å². The van der Waals surface area contributed by atoms with Crippen LogP contribution < -0.4 is 5.32 Å². The van der Waals surface area contributed by atoms with Gasteiger partial charge in [-0.15, -0.1) is 0 Å². The topological polar surface area (TPSA) is 29.9 Å². The Kier molecular flexibility index (Phi) is 5.60. The number of aromatic nitrogens is 2. The molecule has 5 heteroatoms. The van der Waals surface area contributed by atoms with Crippen LogP contribution in [0.2, 0.25) is 5.02 Å². The number of rotatable bonds is 6. The average Bonchev–Trinajstić information content (AvgIpc) is 3.01. The Bertz CT molecular complexity index is 413. The highest BCUT2D eigenvalue weighted by atomic mass is 35.5. The van der Waals surface area contributed by atoms with Crippen molar-refractivity contribution >= 4 is 23.4 Å². The third kappa shape index (κ3) is 3.47. The van der Waals surface area contributed by atoms with Crippen LogP contribution in [0.25, 0.3) is 0 Å². The van der Waals surface area contributed by atoms with Crippen LogP contribution in [-0.4, -0.2) is 33.9 Å². The van der Waals surface area contributed by atoms with Gasteiger partial charge in [0.25, 0.3) is 0 Å². The molecule has 1 fully saturated rings. The molecule has 1 aromatic heterocycles. The van der Waals surface area contributed by atoms with Crippen molar-refractivity contribution < 1.29 is 0 Å². The van der Waals surface area contributed by atoms with Crippen LogP contribution in [0, 0.1) is 5.92 Å². The Labute approximate surface area is 125 Å². The van der Waals surface area contributed by atoms with Gasteiger partial charge >= 0.3 is 0 Å². The molecular formula is C14H24ClN3S. The Morgan fingerprint density at radius 1 is 1.53 bits per heavy atom. The molecule has 3 nitrogen and oxygen atoms in total. The van der Waals surface area contributed by atoms with E-state index in [-0.39, 0.29) is 0 Å². The maximum absolute atomic E-state index is 6.46. The molecule has 2 atom stereocenters. The predicted octanol–water partition coefficient (Wildman–Crippen LogP) is 2.91. The maximum Gasteiger partial charge on any atom is 0.0850 e. The molecule has 0 radical (unpaired) electrons. The van der Waals surface area contributed by atoms with Crippen LogP contribution in [0.4, 0.5) is 0 Å². The summed E-state index contributed by atoms with van der Waals surface area (Å²) in [6.07, 6.45) is 3.21. The van der Waals surface area contributed by atoms with Crippen molar-refractivity contribution in [3.63, 3.8) is 0 Å². The lowest BCUT2D eigenvalue weighted by Crippen LogP contribution is -2.38. The lowest BCUT2D eigenvalue weighted by atomic mass is 9.94. The molecule has 2 unspecified atom stereocenters. The zero-order valence-electron chi connectivity index (χ0n) is 12.1. The first kappa shape index (κ1) is 15.2. The smallest absolute Gasteiger partial charge is 0.0850 e. The average molecular weight is 302 g/mol. The van der Waals surface area contributed by atoms with Gasteiger partial charge in [-0.1, -0.05) is 25.4 Å². The summed E-state index contributed by atoms with van der Waals surface area (Å²) >= 11 is 8.53. The molecule has 2 heterocycles. The predicted molar refractivity (Wildman–Crippen MR) is 84.2 cm³/mol. The summed E-state index contributed by atoms with van der Waals surface area (Å²) in [5, 5.41) is 9.04. The molecule has 1 aliphatic rings. The van der Waals surface area contributed by atoms with E-state index < -0.39 is 0 Å². The first-order valence-corrected chi connectivity index (χ1v) is 8.72. The molecule has 19 heavy (non-hydrogen) atoms. The number of halogens is 1. The second-order valence-electron chi connectivity index (χ2n) is 5.18. The Balaban J connectivity index is 2.14. The fraction of sp³-hybridized carbons (Fsp3) is 0.786. The van der Waals surface area contributed by atoms with Crippen molar-refractivity contribution in [3.05, 3.63) is 16.4 Å². The van der Waals surface area contributed by atoms with Crippen molar-refractivity contribution in [3.8, 4) is 0 Å². The van der Waals surface area contributed by atoms with Gasteiger partial charge in [0.1, 0.15) is 0 Å². The molecule has 2 rings (SSSR count). The maximum atomic E-state index is 6.46. The van der Waals surface area contributed by atoms with Gasteiger partial charge in [0, 0.05) is 19.5 Å². The van der Waals surface area contributed by atoms with E-state index in [1.165, 1.54) is 23.6 Å². The van der Waals surface area contributed by atoms with Gasteiger partial charge in [0.05, 0.1) is 16.4 Å². The summed E-state index contributed by atoms with van der Waals surface area (Å²) in [5.74, 6) is 3.33. The zero-order valence-corrected chi connectivity index (χ0v) is 13.7. The summed E-state index contributed by atoms with van der Waals surface area (Å²) in [7, 11) is 2.01. The number of nitrogens with one attached hydrogen (secondary N) is 1. The van der Waals surface area contributed by atoms with E-state index in [1.807, 2.05) is 11.7 Å². The summed E-state index contributed by atoms with van der Waals surface area (Å²) < 4.78 is 1.97. The standard InChI is InChI=1S/C14H24ClN3S/c1-4-11-14(15)13(18(3)17-11)8-12(16-5-2)10-6-7-19-9-10/h10,12,16H,4-9H2,1-3H3. The SMILES string of the molecule is CCNC(Cc1c(Cl)c(CC)nn1C)C1CCSC1. The molecule has 0 spiro atoms. The minimum Gasteiger partial charge on any atom is -0.314 e. The van der Waals surface area contributed by atoms with Crippen molar-refractivity contribution in [1.29, 1.82) is 0 Å². The fourth-order valence-electron chi connectivity index (χ4n) is 2.79. The lowest BCUT2D eigenvalue weighted by Gasteiger charge is -2.24. The Morgan fingerprint density at radius 3 is 2.84 bits per heavy atom. The van der Waals surface area contributed by atoms with Gasteiger partial charge in [-0.2, -0.15) is 16.9 Å². The lowest BCUT2D eigenvalue weighted by molar-refractivity contribution is 0.380. The van der Waals surface area contributed by atoms with Gasteiger partial charge in [-0.3, -0.25) is 4.68 Å². The zero-order chi connectivity index (χ0) is 13.8. The van der Waals surface area contributed by atoms with Gasteiger partial charge < -0.3 is 5.32 Å². The highest BCUT2D eigenvalue weighted by molar-refractivity contribution is 7.99. The van der Waals surface area contributed by atoms with Gasteiger partial charge in [0.15, 0.2) is 0 Å². The largest absolute Gasteiger partial charge is 0.314 e. The second kappa shape index (κ2) is 7.00. The van der Waals surface area contributed by atoms with Crippen molar-refractivity contribution in [1.82, 2.24) is 15.1 Å². The van der Waals surface area contributed by atoms with Gasteiger partial charge in [-0.05, 0) is 36.8 Å². The van der Waals surface area contributed by atoms with Crippen LogP contribution in [-0.2, 0) is 19.9 Å². The van der Waals surface area contributed by atoms with Crippen molar-refractivity contribution in [2.75, 3.05) is 18.1 Å². The molecule has 1 N–H and O–H groups in total. The van der Waals surface area contributed by atoms with Crippen molar-refractivity contribution in [2.24, 2.45) is 13.0 Å². The molecule has 0 aliphatic carbocycles. The molecule has 1 aromatic rings. The molecule has 1 saturated heterocycles. The number of nitrogens with zero attached hydrogens (tertiary/aromatic N) is 2. The number of likely N-dealkylation sites (N-methyl/N-ethyl adjacent to an activating group) is 1. The number of hydrogen-bond donors (Lipinski definition) is 1. The first-order chi connectivity index (χ1) is 9.17. The fourth-order valence-corrected chi connectivity index (χ4v) is 4.50. The minimum absolute atomic E-state index is 0.526. The summed E-state index contributed by atoms with van der Waals surface area (Å²) in [6.45, 7) is 5.30. The molecule has 0 amide bonds. The second-order valence-corrected chi connectivity index (χ2v) is 6.70. The van der Waals surface area contributed by atoms with Gasteiger partial charge in [-0.25, -0.2) is 0 Å². The van der Waals surface area contributed by atoms with E-state index in [9.17, 15) is 0 Å². The van der Waals surface area contributed by atoms with E-state index in [2.05, 4.69) is 36.0 Å². The number of aryl methyl sites for hydroxylation is 2.